The van der Waals surface area contributed by atoms with E-state index in [2.05, 4.69) is 10.3 Å². The number of nitrogens with zero attached hydrogens (tertiary/aromatic N) is 1. The van der Waals surface area contributed by atoms with E-state index in [9.17, 15) is 4.79 Å². The van der Waals surface area contributed by atoms with Gasteiger partial charge in [0, 0.05) is 16.8 Å². The standard InChI is InChI=1S/C17H15ClN2O2S2/c1-10(16(21)19-12-4-3-5-13(9-12)22-2)23-17-20-14-8-11(18)6-7-15(14)24-17/h3-10H,1-2H3,(H,19,21)/t10-/m1/s1. The number of amides is 1. The minimum atomic E-state index is -0.271. The van der Waals surface area contributed by atoms with E-state index in [-0.39, 0.29) is 11.2 Å². The highest BCUT2D eigenvalue weighted by Gasteiger charge is 2.17. The molecule has 0 unspecified atom stereocenters. The molecule has 1 heterocycles. The molecule has 0 fully saturated rings. The van der Waals surface area contributed by atoms with Gasteiger partial charge in [0.15, 0.2) is 4.34 Å². The molecule has 0 bridgehead atoms. The van der Waals surface area contributed by atoms with Gasteiger partial charge in [0.1, 0.15) is 5.75 Å². The number of anilines is 1. The van der Waals surface area contributed by atoms with E-state index in [0.717, 1.165) is 14.6 Å². The van der Waals surface area contributed by atoms with Gasteiger partial charge in [0.2, 0.25) is 5.91 Å². The number of thiazole rings is 1. The lowest BCUT2D eigenvalue weighted by Gasteiger charge is -2.11. The van der Waals surface area contributed by atoms with Crippen LogP contribution in [0.2, 0.25) is 5.02 Å². The van der Waals surface area contributed by atoms with Crippen LogP contribution in [0.4, 0.5) is 5.69 Å². The fourth-order valence-corrected chi connectivity index (χ4v) is 4.44. The van der Waals surface area contributed by atoms with Crippen LogP contribution in [0, 0.1) is 0 Å². The molecule has 0 saturated heterocycles. The number of carbonyl (C=O) groups excluding carboxylic acids is 1. The number of hydrogen-bond acceptors (Lipinski definition) is 5. The molecule has 24 heavy (non-hydrogen) atoms. The molecule has 1 atom stereocenters. The average Bonchev–Trinajstić information content (AvgIpc) is 2.96. The third-order valence-electron chi connectivity index (χ3n) is 3.31. The van der Waals surface area contributed by atoms with Crippen LogP contribution in [0.1, 0.15) is 6.92 Å². The predicted molar refractivity (Wildman–Crippen MR) is 102 cm³/mol. The van der Waals surface area contributed by atoms with Crippen molar-refractivity contribution in [3.63, 3.8) is 0 Å². The van der Waals surface area contributed by atoms with E-state index in [1.807, 2.05) is 43.3 Å². The number of benzene rings is 2. The molecule has 1 amide bonds. The Kier molecular flexibility index (Phi) is 5.28. The maximum Gasteiger partial charge on any atom is 0.237 e. The molecular formula is C17H15ClN2O2S2. The largest absolute Gasteiger partial charge is 0.497 e. The van der Waals surface area contributed by atoms with Gasteiger partial charge >= 0.3 is 0 Å². The first-order chi connectivity index (χ1) is 11.5. The summed E-state index contributed by atoms with van der Waals surface area (Å²) < 4.78 is 7.07. The zero-order valence-electron chi connectivity index (χ0n) is 13.1. The summed E-state index contributed by atoms with van der Waals surface area (Å²) in [5, 5.41) is 3.28. The van der Waals surface area contributed by atoms with Crippen LogP contribution in [-0.2, 0) is 4.79 Å². The highest BCUT2D eigenvalue weighted by molar-refractivity contribution is 8.02. The van der Waals surface area contributed by atoms with Crippen LogP contribution in [0.25, 0.3) is 10.2 Å². The zero-order chi connectivity index (χ0) is 17.1. The quantitative estimate of drug-likeness (QED) is 0.629. The molecule has 2 aromatic carbocycles. The van der Waals surface area contributed by atoms with Gasteiger partial charge in [-0.05, 0) is 37.3 Å². The molecule has 0 aliphatic heterocycles. The lowest BCUT2D eigenvalue weighted by atomic mass is 10.3. The molecule has 124 valence electrons. The Morgan fingerprint density at radius 3 is 2.96 bits per heavy atom. The van der Waals surface area contributed by atoms with Crippen LogP contribution in [0.5, 0.6) is 5.75 Å². The summed E-state index contributed by atoms with van der Waals surface area (Å²) in [5.74, 6) is 0.627. The van der Waals surface area contributed by atoms with Gasteiger partial charge in [-0.25, -0.2) is 4.98 Å². The summed E-state index contributed by atoms with van der Waals surface area (Å²) in [4.78, 5) is 16.9. The minimum absolute atomic E-state index is 0.0782. The minimum Gasteiger partial charge on any atom is -0.497 e. The summed E-state index contributed by atoms with van der Waals surface area (Å²) in [6.07, 6.45) is 0. The number of ether oxygens (including phenoxy) is 1. The van der Waals surface area contributed by atoms with Crippen LogP contribution in [0.3, 0.4) is 0 Å². The van der Waals surface area contributed by atoms with E-state index in [0.29, 0.717) is 16.5 Å². The van der Waals surface area contributed by atoms with Gasteiger partial charge in [0.05, 0.1) is 22.6 Å². The topological polar surface area (TPSA) is 51.2 Å². The maximum absolute atomic E-state index is 12.4. The van der Waals surface area contributed by atoms with E-state index in [1.54, 1.807) is 24.5 Å². The summed E-state index contributed by atoms with van der Waals surface area (Å²) in [5.41, 5.74) is 1.57. The first kappa shape index (κ1) is 17.1. The molecule has 0 saturated carbocycles. The smallest absolute Gasteiger partial charge is 0.237 e. The number of fused-ring (bicyclic) bond motifs is 1. The van der Waals surface area contributed by atoms with Crippen molar-refractivity contribution in [2.45, 2.75) is 16.5 Å². The zero-order valence-corrected chi connectivity index (χ0v) is 15.5. The van der Waals surface area contributed by atoms with Crippen LogP contribution < -0.4 is 10.1 Å². The number of rotatable bonds is 5. The number of methoxy groups -OCH3 is 1. The molecule has 0 radical (unpaired) electrons. The summed E-state index contributed by atoms with van der Waals surface area (Å²) >= 11 is 8.97. The van der Waals surface area contributed by atoms with Crippen LogP contribution in [0.15, 0.2) is 46.8 Å². The Morgan fingerprint density at radius 1 is 1.33 bits per heavy atom. The monoisotopic (exact) mass is 378 g/mol. The second kappa shape index (κ2) is 7.42. The molecule has 3 rings (SSSR count). The molecule has 0 spiro atoms. The van der Waals surface area contributed by atoms with Gasteiger partial charge in [0.25, 0.3) is 0 Å². The Morgan fingerprint density at radius 2 is 2.17 bits per heavy atom. The highest BCUT2D eigenvalue weighted by Crippen LogP contribution is 2.33. The molecule has 1 aromatic heterocycles. The second-order valence-electron chi connectivity index (χ2n) is 5.07. The molecular weight excluding hydrogens is 364 g/mol. The van der Waals surface area contributed by atoms with Crippen molar-refractivity contribution in [2.75, 3.05) is 12.4 Å². The lowest BCUT2D eigenvalue weighted by molar-refractivity contribution is -0.115. The summed E-state index contributed by atoms with van der Waals surface area (Å²) in [7, 11) is 1.60. The first-order valence-corrected chi connectivity index (χ1v) is 9.30. The van der Waals surface area contributed by atoms with E-state index in [4.69, 9.17) is 16.3 Å². The highest BCUT2D eigenvalue weighted by atomic mass is 35.5. The number of aromatic nitrogens is 1. The van der Waals surface area contributed by atoms with Gasteiger partial charge in [-0.15, -0.1) is 11.3 Å². The average molecular weight is 379 g/mol. The molecule has 4 nitrogen and oxygen atoms in total. The Hall–Kier alpha value is -1.76. The SMILES string of the molecule is COc1cccc(NC(=O)[C@@H](C)Sc2nc3cc(Cl)ccc3s2)c1. The van der Waals surface area contributed by atoms with Crippen molar-refractivity contribution < 1.29 is 9.53 Å². The van der Waals surface area contributed by atoms with Crippen LogP contribution in [-0.4, -0.2) is 23.3 Å². The Labute approximate surface area is 153 Å². The van der Waals surface area contributed by atoms with Crippen molar-refractivity contribution in [3.05, 3.63) is 47.5 Å². The summed E-state index contributed by atoms with van der Waals surface area (Å²) in [6.45, 7) is 1.86. The third-order valence-corrected chi connectivity index (χ3v) is 5.78. The van der Waals surface area contributed by atoms with Crippen molar-refractivity contribution in [1.29, 1.82) is 0 Å². The van der Waals surface area contributed by atoms with E-state index < -0.39 is 0 Å². The number of carbonyl (C=O) groups is 1. The third kappa shape index (κ3) is 4.01. The van der Waals surface area contributed by atoms with Crippen LogP contribution >= 0.6 is 34.7 Å². The summed E-state index contributed by atoms with van der Waals surface area (Å²) in [6, 6.07) is 12.9. The molecule has 0 aliphatic rings. The van der Waals surface area contributed by atoms with Crippen molar-refractivity contribution in [2.24, 2.45) is 0 Å². The molecule has 0 aliphatic carbocycles. The van der Waals surface area contributed by atoms with Gasteiger partial charge < -0.3 is 10.1 Å². The number of thioether (sulfide) groups is 1. The molecule has 3 aromatic rings. The second-order valence-corrected chi connectivity index (χ2v) is 8.13. The fourth-order valence-electron chi connectivity index (χ4n) is 2.08. The normalized spacial score (nSPS) is 12.1. The van der Waals surface area contributed by atoms with Crippen molar-refractivity contribution in [1.82, 2.24) is 4.98 Å². The van der Waals surface area contributed by atoms with E-state index in [1.165, 1.54) is 11.8 Å². The van der Waals surface area contributed by atoms with Gasteiger partial charge in [-0.1, -0.05) is 29.4 Å². The lowest BCUT2D eigenvalue weighted by Crippen LogP contribution is -2.22. The molecule has 1 N–H and O–H groups in total. The fraction of sp³-hybridized carbons (Fsp3) is 0.176. The maximum atomic E-state index is 12.4. The predicted octanol–water partition coefficient (Wildman–Crippen LogP) is 5.08. The number of hydrogen-bond donors (Lipinski definition) is 1. The van der Waals surface area contributed by atoms with E-state index >= 15 is 0 Å². The van der Waals surface area contributed by atoms with Crippen molar-refractivity contribution >= 4 is 56.5 Å². The Balaban J connectivity index is 1.68. The van der Waals surface area contributed by atoms with Crippen molar-refractivity contribution in [3.8, 4) is 5.75 Å². The number of halogens is 1. The first-order valence-electron chi connectivity index (χ1n) is 7.23. The molecule has 7 heteroatoms. The van der Waals surface area contributed by atoms with Gasteiger partial charge in [-0.2, -0.15) is 0 Å². The van der Waals surface area contributed by atoms with Gasteiger partial charge in [-0.3, -0.25) is 4.79 Å². The Bertz CT molecular complexity index is 882. The number of nitrogens with one attached hydrogen (secondary N) is 1.